The van der Waals surface area contributed by atoms with Crippen molar-refractivity contribution in [1.82, 2.24) is 10.2 Å². The minimum atomic E-state index is 0.609. The lowest BCUT2D eigenvalue weighted by molar-refractivity contribution is 0.257. The molecule has 1 heterocycles. The van der Waals surface area contributed by atoms with Gasteiger partial charge in [0.05, 0.1) is 0 Å². The number of nitrogens with one attached hydrogen (secondary N) is 1. The summed E-state index contributed by atoms with van der Waals surface area (Å²) in [6, 6.07) is 12.0. The molecule has 0 saturated carbocycles. The molecule has 0 bridgehead atoms. The van der Waals surface area contributed by atoms with Crippen LogP contribution in [0.2, 0.25) is 0 Å². The van der Waals surface area contributed by atoms with Crippen molar-refractivity contribution in [1.29, 1.82) is 0 Å². The standard InChI is InChI=1S/C14H23N3/c1-12-9-14(16-8-7-15)11-17(12)10-13-5-3-2-4-6-13/h2-6,12,14,16H,7-11,15H2,1H3. The molecule has 0 spiro atoms. The van der Waals surface area contributed by atoms with Crippen LogP contribution in [0.25, 0.3) is 0 Å². The fourth-order valence-electron chi connectivity index (χ4n) is 2.57. The van der Waals surface area contributed by atoms with Crippen LogP contribution in [0.5, 0.6) is 0 Å². The Morgan fingerprint density at radius 3 is 2.82 bits per heavy atom. The van der Waals surface area contributed by atoms with E-state index in [0.29, 0.717) is 12.1 Å². The second-order valence-corrected chi connectivity index (χ2v) is 4.94. The van der Waals surface area contributed by atoms with Gasteiger partial charge < -0.3 is 11.1 Å². The number of hydrogen-bond donors (Lipinski definition) is 2. The molecule has 1 aliphatic rings. The predicted octanol–water partition coefficient (Wildman–Crippen LogP) is 1.20. The van der Waals surface area contributed by atoms with Crippen LogP contribution < -0.4 is 11.1 Å². The van der Waals surface area contributed by atoms with E-state index in [4.69, 9.17) is 5.73 Å². The van der Waals surface area contributed by atoms with Gasteiger partial charge in [-0.1, -0.05) is 30.3 Å². The van der Waals surface area contributed by atoms with Gasteiger partial charge >= 0.3 is 0 Å². The summed E-state index contributed by atoms with van der Waals surface area (Å²) >= 11 is 0. The normalized spacial score (nSPS) is 25.3. The molecule has 3 N–H and O–H groups in total. The van der Waals surface area contributed by atoms with Crippen LogP contribution in [0, 0.1) is 0 Å². The molecule has 1 aliphatic heterocycles. The zero-order valence-corrected chi connectivity index (χ0v) is 10.6. The van der Waals surface area contributed by atoms with Crippen LogP contribution in [0.1, 0.15) is 18.9 Å². The van der Waals surface area contributed by atoms with E-state index in [-0.39, 0.29) is 0 Å². The number of benzene rings is 1. The lowest BCUT2D eigenvalue weighted by atomic mass is 10.2. The molecular formula is C14H23N3. The number of rotatable bonds is 5. The lowest BCUT2D eigenvalue weighted by Crippen LogP contribution is -2.35. The van der Waals surface area contributed by atoms with Crippen LogP contribution in [-0.2, 0) is 6.54 Å². The summed E-state index contributed by atoms with van der Waals surface area (Å²) < 4.78 is 0. The maximum absolute atomic E-state index is 5.52. The minimum Gasteiger partial charge on any atom is -0.329 e. The number of hydrogen-bond acceptors (Lipinski definition) is 3. The van der Waals surface area contributed by atoms with Gasteiger partial charge in [-0.2, -0.15) is 0 Å². The fraction of sp³-hybridized carbons (Fsp3) is 0.571. The summed E-state index contributed by atoms with van der Waals surface area (Å²) in [7, 11) is 0. The predicted molar refractivity (Wildman–Crippen MR) is 71.8 cm³/mol. The Labute approximate surface area is 104 Å². The largest absolute Gasteiger partial charge is 0.329 e. The molecule has 2 rings (SSSR count). The van der Waals surface area contributed by atoms with Crippen molar-refractivity contribution in [2.45, 2.75) is 32.0 Å². The highest BCUT2D eigenvalue weighted by molar-refractivity contribution is 5.15. The summed E-state index contributed by atoms with van der Waals surface area (Å²) in [6.07, 6.45) is 1.23. The molecule has 0 amide bonds. The van der Waals surface area contributed by atoms with E-state index in [1.54, 1.807) is 0 Å². The van der Waals surface area contributed by atoms with Crippen LogP contribution in [0.3, 0.4) is 0 Å². The van der Waals surface area contributed by atoms with Crippen LogP contribution in [0.4, 0.5) is 0 Å². The number of nitrogens with two attached hydrogens (primary N) is 1. The Kier molecular flexibility index (Phi) is 4.54. The molecule has 94 valence electrons. The number of nitrogens with zero attached hydrogens (tertiary/aromatic N) is 1. The van der Waals surface area contributed by atoms with E-state index in [9.17, 15) is 0 Å². The van der Waals surface area contributed by atoms with Crippen molar-refractivity contribution in [2.24, 2.45) is 5.73 Å². The maximum atomic E-state index is 5.52. The molecule has 0 aliphatic carbocycles. The van der Waals surface area contributed by atoms with Gasteiger partial charge in [0, 0.05) is 38.3 Å². The van der Waals surface area contributed by atoms with E-state index >= 15 is 0 Å². The maximum Gasteiger partial charge on any atom is 0.0237 e. The average Bonchev–Trinajstić information content (AvgIpc) is 2.69. The summed E-state index contributed by atoms with van der Waals surface area (Å²) in [4.78, 5) is 2.55. The first-order valence-corrected chi connectivity index (χ1v) is 6.51. The van der Waals surface area contributed by atoms with Crippen molar-refractivity contribution >= 4 is 0 Å². The van der Waals surface area contributed by atoms with Crippen LogP contribution >= 0.6 is 0 Å². The van der Waals surface area contributed by atoms with Gasteiger partial charge in [0.25, 0.3) is 0 Å². The van der Waals surface area contributed by atoms with E-state index in [2.05, 4.69) is 47.5 Å². The lowest BCUT2D eigenvalue weighted by Gasteiger charge is -2.20. The second kappa shape index (κ2) is 6.15. The molecule has 2 unspecified atom stereocenters. The second-order valence-electron chi connectivity index (χ2n) is 4.94. The van der Waals surface area contributed by atoms with Gasteiger partial charge in [-0.15, -0.1) is 0 Å². The molecule has 3 nitrogen and oxygen atoms in total. The van der Waals surface area contributed by atoms with Crippen LogP contribution in [-0.4, -0.2) is 36.6 Å². The van der Waals surface area contributed by atoms with Gasteiger partial charge in [0.15, 0.2) is 0 Å². The Balaban J connectivity index is 1.86. The Morgan fingerprint density at radius 2 is 2.12 bits per heavy atom. The third-order valence-corrected chi connectivity index (χ3v) is 3.51. The Morgan fingerprint density at radius 1 is 1.35 bits per heavy atom. The smallest absolute Gasteiger partial charge is 0.0237 e. The highest BCUT2D eigenvalue weighted by Gasteiger charge is 2.28. The van der Waals surface area contributed by atoms with Gasteiger partial charge in [-0.05, 0) is 18.9 Å². The zero-order valence-electron chi connectivity index (χ0n) is 10.6. The Hall–Kier alpha value is -0.900. The Bertz CT molecular complexity index is 325. The van der Waals surface area contributed by atoms with Crippen LogP contribution in [0.15, 0.2) is 30.3 Å². The first-order chi connectivity index (χ1) is 8.29. The molecule has 1 aromatic carbocycles. The summed E-state index contributed by atoms with van der Waals surface area (Å²) in [5.41, 5.74) is 6.93. The zero-order chi connectivity index (χ0) is 12.1. The van der Waals surface area contributed by atoms with Crippen molar-refractivity contribution in [2.75, 3.05) is 19.6 Å². The quantitative estimate of drug-likeness (QED) is 0.803. The van der Waals surface area contributed by atoms with Crippen molar-refractivity contribution in [3.05, 3.63) is 35.9 Å². The molecule has 1 fully saturated rings. The third kappa shape index (κ3) is 3.53. The van der Waals surface area contributed by atoms with E-state index in [1.165, 1.54) is 12.0 Å². The highest BCUT2D eigenvalue weighted by atomic mass is 15.2. The molecule has 1 saturated heterocycles. The molecule has 0 radical (unpaired) electrons. The van der Waals surface area contributed by atoms with Crippen molar-refractivity contribution in [3.63, 3.8) is 0 Å². The van der Waals surface area contributed by atoms with Gasteiger partial charge in [-0.3, -0.25) is 4.90 Å². The molecular weight excluding hydrogens is 210 g/mol. The topological polar surface area (TPSA) is 41.3 Å². The molecule has 0 aromatic heterocycles. The van der Waals surface area contributed by atoms with Gasteiger partial charge in [0.2, 0.25) is 0 Å². The summed E-state index contributed by atoms with van der Waals surface area (Å²) in [6.45, 7) is 6.16. The third-order valence-electron chi connectivity index (χ3n) is 3.51. The van der Waals surface area contributed by atoms with E-state index in [0.717, 1.165) is 26.2 Å². The minimum absolute atomic E-state index is 0.609. The first kappa shape index (κ1) is 12.6. The molecule has 17 heavy (non-hydrogen) atoms. The molecule has 3 heteroatoms. The fourth-order valence-corrected chi connectivity index (χ4v) is 2.57. The highest BCUT2D eigenvalue weighted by Crippen LogP contribution is 2.19. The van der Waals surface area contributed by atoms with Crippen molar-refractivity contribution < 1.29 is 0 Å². The average molecular weight is 233 g/mol. The summed E-state index contributed by atoms with van der Waals surface area (Å²) in [5, 5.41) is 3.51. The monoisotopic (exact) mass is 233 g/mol. The van der Waals surface area contributed by atoms with E-state index < -0.39 is 0 Å². The van der Waals surface area contributed by atoms with E-state index in [1.807, 2.05) is 0 Å². The van der Waals surface area contributed by atoms with Gasteiger partial charge in [0.1, 0.15) is 0 Å². The van der Waals surface area contributed by atoms with Gasteiger partial charge in [-0.25, -0.2) is 0 Å². The SMILES string of the molecule is CC1CC(NCCN)CN1Cc1ccccc1. The summed E-state index contributed by atoms with van der Waals surface area (Å²) in [5.74, 6) is 0. The van der Waals surface area contributed by atoms with Crippen molar-refractivity contribution in [3.8, 4) is 0 Å². The molecule has 1 aromatic rings. The molecule has 2 atom stereocenters. The number of likely N-dealkylation sites (tertiary alicyclic amines) is 1. The first-order valence-electron chi connectivity index (χ1n) is 6.51.